The number of carbonyl (C=O) groups excluding carboxylic acids is 2. The molecule has 2 rings (SSSR count). The molecule has 1 N–H and O–H groups in total. The van der Waals surface area contributed by atoms with E-state index >= 15 is 0 Å². The van der Waals surface area contributed by atoms with Crippen LogP contribution in [0.2, 0.25) is 0 Å². The average molecular weight is 374 g/mol. The van der Waals surface area contributed by atoms with E-state index < -0.39 is 5.97 Å². The van der Waals surface area contributed by atoms with Crippen molar-refractivity contribution in [2.75, 3.05) is 11.9 Å². The van der Waals surface area contributed by atoms with Crippen LogP contribution in [0.3, 0.4) is 0 Å². The highest BCUT2D eigenvalue weighted by Crippen LogP contribution is 2.36. The van der Waals surface area contributed by atoms with Crippen LogP contribution in [0.4, 0.5) is 5.00 Å². The lowest BCUT2D eigenvalue weighted by atomic mass is 10.0. The van der Waals surface area contributed by atoms with Crippen LogP contribution in [0.1, 0.15) is 62.7 Å². The minimum Gasteiger partial charge on any atom is -0.462 e. The summed E-state index contributed by atoms with van der Waals surface area (Å²) < 4.78 is 5.21. The second-order valence-electron chi connectivity index (χ2n) is 6.15. The number of carbonyl (C=O) groups is 2. The van der Waals surface area contributed by atoms with Crippen LogP contribution in [0, 0.1) is 0 Å². The summed E-state index contributed by atoms with van der Waals surface area (Å²) in [6.07, 6.45) is 5.97. The second-order valence-corrected chi connectivity index (χ2v) is 7.03. The van der Waals surface area contributed by atoms with Gasteiger partial charge in [-0.3, -0.25) is 4.79 Å². The molecule has 1 amide bonds. The molecule has 0 aliphatic heterocycles. The lowest BCUT2D eigenvalue weighted by molar-refractivity contribution is -0.116. The number of unbranched alkanes of at least 4 members (excludes halogenated alkanes) is 4. The summed E-state index contributed by atoms with van der Waals surface area (Å²) in [6.45, 7) is 4.25. The topological polar surface area (TPSA) is 55.4 Å². The van der Waals surface area contributed by atoms with E-state index in [0.29, 0.717) is 23.6 Å². The Balaban J connectivity index is 2.11. The first kappa shape index (κ1) is 20.2. The number of hydrogen-bond acceptors (Lipinski definition) is 4. The molecule has 0 radical (unpaired) electrons. The Labute approximate surface area is 159 Å². The number of ether oxygens (including phenoxy) is 1. The van der Waals surface area contributed by atoms with Crippen LogP contribution < -0.4 is 5.32 Å². The van der Waals surface area contributed by atoms with E-state index in [1.54, 1.807) is 6.92 Å². The summed E-state index contributed by atoms with van der Waals surface area (Å²) in [5, 5.41) is 5.38. The lowest BCUT2D eigenvalue weighted by Crippen LogP contribution is -2.14. The van der Waals surface area contributed by atoms with Gasteiger partial charge < -0.3 is 10.1 Å². The van der Waals surface area contributed by atoms with Gasteiger partial charge in [0, 0.05) is 17.4 Å². The molecule has 140 valence electrons. The fraction of sp³-hybridized carbons (Fsp3) is 0.429. The molecule has 1 heterocycles. The van der Waals surface area contributed by atoms with Crippen LogP contribution in [-0.4, -0.2) is 18.5 Å². The van der Waals surface area contributed by atoms with E-state index in [1.165, 1.54) is 24.2 Å². The third-order valence-electron chi connectivity index (χ3n) is 4.12. The first-order valence-corrected chi connectivity index (χ1v) is 10.2. The monoisotopic (exact) mass is 373 g/mol. The largest absolute Gasteiger partial charge is 0.462 e. The maximum absolute atomic E-state index is 12.5. The molecule has 1 aromatic carbocycles. The van der Waals surface area contributed by atoms with E-state index in [2.05, 4.69) is 12.2 Å². The highest BCUT2D eigenvalue weighted by Gasteiger charge is 2.22. The Bertz CT molecular complexity index is 709. The third-order valence-corrected chi connectivity index (χ3v) is 5.01. The Hall–Kier alpha value is -2.14. The van der Waals surface area contributed by atoms with Crippen LogP contribution in [0.25, 0.3) is 11.1 Å². The van der Waals surface area contributed by atoms with Gasteiger partial charge in [-0.05, 0) is 18.9 Å². The Kier molecular flexibility index (Phi) is 8.35. The number of anilines is 1. The second kappa shape index (κ2) is 10.8. The smallest absolute Gasteiger partial charge is 0.341 e. The number of hydrogen-bond donors (Lipinski definition) is 1. The molecular formula is C21H27NO3S. The summed E-state index contributed by atoms with van der Waals surface area (Å²) in [7, 11) is 0. The van der Waals surface area contributed by atoms with Gasteiger partial charge in [0.1, 0.15) is 10.6 Å². The van der Waals surface area contributed by atoms with Crippen molar-refractivity contribution in [3.05, 3.63) is 41.3 Å². The highest BCUT2D eigenvalue weighted by atomic mass is 32.1. The van der Waals surface area contributed by atoms with Gasteiger partial charge in [0.2, 0.25) is 5.91 Å². The zero-order valence-electron chi connectivity index (χ0n) is 15.5. The predicted molar refractivity (Wildman–Crippen MR) is 108 cm³/mol. The van der Waals surface area contributed by atoms with Gasteiger partial charge in [-0.25, -0.2) is 4.79 Å². The van der Waals surface area contributed by atoms with Gasteiger partial charge in [-0.15, -0.1) is 11.3 Å². The van der Waals surface area contributed by atoms with Crippen LogP contribution in [0.15, 0.2) is 35.7 Å². The van der Waals surface area contributed by atoms with Crippen molar-refractivity contribution in [1.82, 2.24) is 0 Å². The molecule has 4 nitrogen and oxygen atoms in total. The zero-order valence-corrected chi connectivity index (χ0v) is 16.4. The Morgan fingerprint density at radius 1 is 1.04 bits per heavy atom. The highest BCUT2D eigenvalue weighted by molar-refractivity contribution is 7.15. The molecule has 0 fully saturated rings. The van der Waals surface area contributed by atoms with E-state index in [9.17, 15) is 9.59 Å². The van der Waals surface area contributed by atoms with E-state index in [-0.39, 0.29) is 5.91 Å². The minimum absolute atomic E-state index is 0.0477. The number of benzene rings is 1. The quantitative estimate of drug-likeness (QED) is 0.417. The maximum atomic E-state index is 12.5. The standard InChI is InChI=1S/C21H27NO3S/c1-3-5-6-7-11-14-18(23)22-20-19(21(24)25-4-2)17(15-26-20)16-12-9-8-10-13-16/h8-10,12-13,15H,3-7,11,14H2,1-2H3,(H,22,23). The fourth-order valence-electron chi connectivity index (χ4n) is 2.76. The summed E-state index contributed by atoms with van der Waals surface area (Å²) in [4.78, 5) is 24.7. The normalized spacial score (nSPS) is 10.5. The Morgan fingerprint density at radius 2 is 1.77 bits per heavy atom. The summed E-state index contributed by atoms with van der Waals surface area (Å²) in [6, 6.07) is 9.68. The van der Waals surface area contributed by atoms with Crippen LogP contribution in [-0.2, 0) is 9.53 Å². The lowest BCUT2D eigenvalue weighted by Gasteiger charge is -2.09. The molecule has 0 bridgehead atoms. The number of esters is 1. The van der Waals surface area contributed by atoms with Crippen molar-refractivity contribution in [3.63, 3.8) is 0 Å². The van der Waals surface area contributed by atoms with Crippen molar-refractivity contribution in [3.8, 4) is 11.1 Å². The van der Waals surface area contributed by atoms with Crippen LogP contribution in [0.5, 0.6) is 0 Å². The number of thiophene rings is 1. The van der Waals surface area contributed by atoms with Gasteiger partial charge >= 0.3 is 5.97 Å². The first-order chi connectivity index (χ1) is 12.7. The molecule has 2 aromatic rings. The average Bonchev–Trinajstić information content (AvgIpc) is 3.06. The molecule has 0 aliphatic carbocycles. The van der Waals surface area contributed by atoms with E-state index in [0.717, 1.165) is 30.4 Å². The fourth-order valence-corrected chi connectivity index (χ4v) is 3.74. The van der Waals surface area contributed by atoms with Gasteiger partial charge in [0.25, 0.3) is 0 Å². The molecule has 0 spiro atoms. The van der Waals surface area contributed by atoms with Gasteiger partial charge in [-0.2, -0.15) is 0 Å². The number of amides is 1. The Morgan fingerprint density at radius 3 is 2.46 bits per heavy atom. The molecule has 0 atom stereocenters. The summed E-state index contributed by atoms with van der Waals surface area (Å²) in [5.41, 5.74) is 2.18. The molecule has 0 unspecified atom stereocenters. The van der Waals surface area contributed by atoms with Crippen molar-refractivity contribution in [2.45, 2.75) is 52.4 Å². The molecule has 5 heteroatoms. The van der Waals surface area contributed by atoms with Crippen LogP contribution >= 0.6 is 11.3 Å². The molecule has 1 aromatic heterocycles. The van der Waals surface area contributed by atoms with E-state index in [1.807, 2.05) is 35.7 Å². The third kappa shape index (κ3) is 5.70. The first-order valence-electron chi connectivity index (χ1n) is 9.31. The summed E-state index contributed by atoms with van der Waals surface area (Å²) >= 11 is 1.37. The van der Waals surface area contributed by atoms with Crippen molar-refractivity contribution < 1.29 is 14.3 Å². The molecule has 26 heavy (non-hydrogen) atoms. The number of rotatable bonds is 10. The minimum atomic E-state index is -0.397. The van der Waals surface area contributed by atoms with Gasteiger partial charge in [0.15, 0.2) is 0 Å². The van der Waals surface area contributed by atoms with Crippen molar-refractivity contribution >= 4 is 28.2 Å². The molecule has 0 aliphatic rings. The molecule has 0 saturated heterocycles. The van der Waals surface area contributed by atoms with E-state index in [4.69, 9.17) is 4.74 Å². The van der Waals surface area contributed by atoms with Crippen molar-refractivity contribution in [2.24, 2.45) is 0 Å². The molecular weight excluding hydrogens is 346 g/mol. The number of nitrogens with one attached hydrogen (secondary N) is 1. The predicted octanol–water partition coefficient (Wildman–Crippen LogP) is 5.89. The van der Waals surface area contributed by atoms with Crippen molar-refractivity contribution in [1.29, 1.82) is 0 Å². The van der Waals surface area contributed by atoms with Gasteiger partial charge in [0.05, 0.1) is 6.61 Å². The maximum Gasteiger partial charge on any atom is 0.341 e. The molecule has 0 saturated carbocycles. The summed E-state index contributed by atoms with van der Waals surface area (Å²) in [5.74, 6) is -0.445. The SMILES string of the molecule is CCCCCCCC(=O)Nc1scc(-c2ccccc2)c1C(=O)OCC. The zero-order chi connectivity index (χ0) is 18.8. The van der Waals surface area contributed by atoms with Gasteiger partial charge in [-0.1, -0.05) is 62.9 Å².